The summed E-state index contributed by atoms with van der Waals surface area (Å²) in [5, 5.41) is 11.8. The van der Waals surface area contributed by atoms with E-state index in [1.54, 1.807) is 0 Å². The lowest BCUT2D eigenvalue weighted by atomic mass is 9.90. The quantitative estimate of drug-likeness (QED) is 0.852. The summed E-state index contributed by atoms with van der Waals surface area (Å²) >= 11 is 0. The second kappa shape index (κ2) is 4.50. The van der Waals surface area contributed by atoms with Crippen molar-refractivity contribution in [3.8, 4) is 0 Å². The van der Waals surface area contributed by atoms with Crippen molar-refractivity contribution >= 4 is 0 Å². The summed E-state index contributed by atoms with van der Waals surface area (Å²) in [6.07, 6.45) is 0.959. The molecule has 0 amide bonds. The molecule has 0 saturated heterocycles. The van der Waals surface area contributed by atoms with E-state index in [2.05, 4.69) is 62.3 Å². The zero-order valence-electron chi connectivity index (χ0n) is 11.3. The lowest BCUT2D eigenvalue weighted by Crippen LogP contribution is -2.34. The summed E-state index contributed by atoms with van der Waals surface area (Å²) in [5.41, 5.74) is 2.18. The Balaban J connectivity index is 2.84. The predicted octanol–water partition coefficient (Wildman–Crippen LogP) is 2.52. The summed E-state index contributed by atoms with van der Waals surface area (Å²) in [6.45, 7) is 10.8. The van der Waals surface area contributed by atoms with E-state index >= 15 is 0 Å². The fraction of sp³-hybridized carbons (Fsp3) is 0.692. The van der Waals surface area contributed by atoms with Crippen molar-refractivity contribution in [1.82, 2.24) is 15.5 Å². The third-order valence-electron chi connectivity index (χ3n) is 2.70. The van der Waals surface area contributed by atoms with Crippen LogP contribution in [0, 0.1) is 5.41 Å². The predicted molar refractivity (Wildman–Crippen MR) is 67.3 cm³/mol. The number of hydrogen-bond acceptors (Lipinski definition) is 3. The van der Waals surface area contributed by atoms with Gasteiger partial charge < -0.3 is 5.32 Å². The van der Waals surface area contributed by atoms with Gasteiger partial charge in [0.25, 0.3) is 0 Å². The van der Waals surface area contributed by atoms with Crippen molar-refractivity contribution in [1.29, 1.82) is 0 Å². The Morgan fingerprint density at radius 2 is 1.69 bits per heavy atom. The van der Waals surface area contributed by atoms with E-state index < -0.39 is 0 Å². The normalized spacial score (nSPS) is 12.9. The molecule has 1 aromatic heterocycles. The van der Waals surface area contributed by atoms with Gasteiger partial charge in [-0.05, 0) is 44.9 Å². The smallest absolute Gasteiger partial charge is 0.0826 e. The van der Waals surface area contributed by atoms with Gasteiger partial charge in [-0.15, -0.1) is 0 Å². The minimum atomic E-state index is -0.118. The van der Waals surface area contributed by atoms with Gasteiger partial charge in [0, 0.05) is 0 Å². The molecule has 0 atom stereocenters. The fourth-order valence-electron chi connectivity index (χ4n) is 1.46. The number of rotatable bonds is 3. The van der Waals surface area contributed by atoms with Crippen LogP contribution in [0.25, 0.3) is 0 Å². The van der Waals surface area contributed by atoms with Gasteiger partial charge in [0.05, 0.1) is 16.9 Å². The van der Waals surface area contributed by atoms with Crippen LogP contribution in [0.3, 0.4) is 0 Å². The van der Waals surface area contributed by atoms with E-state index in [0.29, 0.717) is 0 Å². The molecule has 0 aromatic carbocycles. The molecule has 1 rings (SSSR count). The summed E-state index contributed by atoms with van der Waals surface area (Å²) in [7, 11) is 1.94. The third-order valence-corrected chi connectivity index (χ3v) is 2.70. The maximum Gasteiger partial charge on any atom is 0.0826 e. The zero-order valence-corrected chi connectivity index (χ0v) is 11.3. The summed E-state index contributed by atoms with van der Waals surface area (Å²) in [6, 6.07) is 4.14. The SMILES string of the molecule is CNC(C)(C)c1ccc(CC(C)(C)C)nn1. The van der Waals surface area contributed by atoms with Crippen molar-refractivity contribution in [3.63, 3.8) is 0 Å². The Morgan fingerprint density at radius 3 is 2.06 bits per heavy atom. The molecule has 16 heavy (non-hydrogen) atoms. The third kappa shape index (κ3) is 3.56. The second-order valence-corrected chi connectivity index (χ2v) is 6.02. The van der Waals surface area contributed by atoms with Gasteiger partial charge in [-0.3, -0.25) is 0 Å². The van der Waals surface area contributed by atoms with E-state index in [-0.39, 0.29) is 11.0 Å². The van der Waals surface area contributed by atoms with Gasteiger partial charge in [-0.2, -0.15) is 10.2 Å². The molecule has 90 valence electrons. The molecule has 0 aliphatic heterocycles. The first-order valence-corrected chi connectivity index (χ1v) is 5.77. The highest BCUT2D eigenvalue weighted by Crippen LogP contribution is 2.20. The Kier molecular flexibility index (Phi) is 3.68. The van der Waals surface area contributed by atoms with Gasteiger partial charge in [-0.1, -0.05) is 20.8 Å². The van der Waals surface area contributed by atoms with Crippen LogP contribution in [0.1, 0.15) is 46.0 Å². The molecule has 0 saturated carbocycles. The van der Waals surface area contributed by atoms with Crippen molar-refractivity contribution in [2.45, 2.75) is 46.6 Å². The number of hydrogen-bond donors (Lipinski definition) is 1. The minimum absolute atomic E-state index is 0.118. The molecule has 3 heteroatoms. The molecular formula is C13H23N3. The molecule has 1 N–H and O–H groups in total. The van der Waals surface area contributed by atoms with E-state index in [9.17, 15) is 0 Å². The standard InChI is InChI=1S/C13H23N3/c1-12(2,3)9-10-7-8-11(16-15-10)13(4,5)14-6/h7-8,14H,9H2,1-6H3. The lowest BCUT2D eigenvalue weighted by Gasteiger charge is -2.23. The number of nitrogens with zero attached hydrogens (tertiary/aromatic N) is 2. The van der Waals surface area contributed by atoms with Crippen LogP contribution in [0.15, 0.2) is 12.1 Å². The highest BCUT2D eigenvalue weighted by molar-refractivity contribution is 5.14. The molecule has 0 aliphatic carbocycles. The van der Waals surface area contributed by atoms with Crippen LogP contribution in [-0.2, 0) is 12.0 Å². The van der Waals surface area contributed by atoms with Crippen molar-refractivity contribution < 1.29 is 0 Å². The molecule has 0 radical (unpaired) electrons. The van der Waals surface area contributed by atoms with Gasteiger partial charge in [0.15, 0.2) is 0 Å². The van der Waals surface area contributed by atoms with Gasteiger partial charge >= 0.3 is 0 Å². The summed E-state index contributed by atoms with van der Waals surface area (Å²) in [4.78, 5) is 0. The van der Waals surface area contributed by atoms with Gasteiger partial charge in [0.1, 0.15) is 0 Å². The first-order chi connectivity index (χ1) is 7.24. The van der Waals surface area contributed by atoms with Crippen molar-refractivity contribution in [2.24, 2.45) is 5.41 Å². The average molecular weight is 221 g/mol. The molecule has 0 fully saturated rings. The van der Waals surface area contributed by atoms with E-state index in [1.165, 1.54) is 0 Å². The first kappa shape index (κ1) is 13.1. The highest BCUT2D eigenvalue weighted by atomic mass is 15.1. The molecule has 0 bridgehead atoms. The average Bonchev–Trinajstić information content (AvgIpc) is 2.16. The van der Waals surface area contributed by atoms with Crippen molar-refractivity contribution in [3.05, 3.63) is 23.5 Å². The monoisotopic (exact) mass is 221 g/mol. The van der Waals surface area contributed by atoms with E-state index in [1.807, 2.05) is 7.05 Å². The Morgan fingerprint density at radius 1 is 1.06 bits per heavy atom. The summed E-state index contributed by atoms with van der Waals surface area (Å²) in [5.74, 6) is 0. The maximum atomic E-state index is 4.29. The molecule has 0 spiro atoms. The van der Waals surface area contributed by atoms with Crippen LogP contribution < -0.4 is 5.32 Å². The van der Waals surface area contributed by atoms with Crippen LogP contribution in [0.4, 0.5) is 0 Å². The van der Waals surface area contributed by atoms with Crippen LogP contribution >= 0.6 is 0 Å². The van der Waals surface area contributed by atoms with Crippen LogP contribution in [0.5, 0.6) is 0 Å². The second-order valence-electron chi connectivity index (χ2n) is 6.02. The minimum Gasteiger partial charge on any atom is -0.310 e. The number of nitrogens with one attached hydrogen (secondary N) is 1. The Labute approximate surface area is 98.7 Å². The van der Waals surface area contributed by atoms with E-state index in [0.717, 1.165) is 17.8 Å². The van der Waals surface area contributed by atoms with Crippen LogP contribution in [0.2, 0.25) is 0 Å². The largest absolute Gasteiger partial charge is 0.310 e. The highest BCUT2D eigenvalue weighted by Gasteiger charge is 2.20. The molecule has 0 unspecified atom stereocenters. The van der Waals surface area contributed by atoms with E-state index in [4.69, 9.17) is 0 Å². The molecule has 1 heterocycles. The van der Waals surface area contributed by atoms with Gasteiger partial charge in [-0.25, -0.2) is 0 Å². The lowest BCUT2D eigenvalue weighted by molar-refractivity contribution is 0.398. The molecular weight excluding hydrogens is 198 g/mol. The van der Waals surface area contributed by atoms with Crippen LogP contribution in [-0.4, -0.2) is 17.2 Å². The first-order valence-electron chi connectivity index (χ1n) is 5.77. The van der Waals surface area contributed by atoms with Crippen molar-refractivity contribution in [2.75, 3.05) is 7.05 Å². The number of aromatic nitrogens is 2. The molecule has 3 nitrogen and oxygen atoms in total. The summed E-state index contributed by atoms with van der Waals surface area (Å²) < 4.78 is 0. The molecule has 0 aliphatic rings. The van der Waals surface area contributed by atoms with Gasteiger partial charge in [0.2, 0.25) is 0 Å². The molecule has 1 aromatic rings. The fourth-order valence-corrected chi connectivity index (χ4v) is 1.46. The topological polar surface area (TPSA) is 37.8 Å². The Bertz CT molecular complexity index is 333. The zero-order chi connectivity index (χ0) is 12.4. The maximum absolute atomic E-state index is 4.29. The Hall–Kier alpha value is -0.960.